The van der Waals surface area contributed by atoms with Crippen molar-refractivity contribution in [1.29, 1.82) is 0 Å². The Kier molecular flexibility index (Phi) is 6.96. The van der Waals surface area contributed by atoms with E-state index < -0.39 is 0 Å². The first kappa shape index (κ1) is 17.9. The SMILES string of the molecule is CN(CCCNC(C)(C)C)CCC(C)(C)N1CCCC1. The Morgan fingerprint density at radius 2 is 1.60 bits per heavy atom. The van der Waals surface area contributed by atoms with Crippen molar-refractivity contribution < 1.29 is 0 Å². The van der Waals surface area contributed by atoms with E-state index in [0.29, 0.717) is 5.54 Å². The van der Waals surface area contributed by atoms with Crippen LogP contribution in [0.25, 0.3) is 0 Å². The Morgan fingerprint density at radius 1 is 1.00 bits per heavy atom. The standard InChI is InChI=1S/C17H37N3/c1-16(2,3)18-11-9-12-19(6)15-10-17(4,5)20-13-7-8-14-20/h18H,7-15H2,1-6H3. The molecule has 1 aliphatic rings. The predicted octanol–water partition coefficient (Wildman–Crippen LogP) is 2.96. The summed E-state index contributed by atoms with van der Waals surface area (Å²) in [5, 5.41) is 3.56. The molecule has 0 radical (unpaired) electrons. The van der Waals surface area contributed by atoms with Gasteiger partial charge in [-0.2, -0.15) is 0 Å². The molecule has 1 fully saturated rings. The van der Waals surface area contributed by atoms with Gasteiger partial charge < -0.3 is 10.2 Å². The van der Waals surface area contributed by atoms with Crippen molar-refractivity contribution in [3.8, 4) is 0 Å². The quantitative estimate of drug-likeness (QED) is 0.691. The molecule has 0 aromatic heterocycles. The van der Waals surface area contributed by atoms with Crippen LogP contribution in [-0.4, -0.2) is 60.6 Å². The summed E-state index contributed by atoms with van der Waals surface area (Å²) in [4.78, 5) is 5.16. The van der Waals surface area contributed by atoms with Crippen molar-refractivity contribution in [2.24, 2.45) is 0 Å². The highest BCUT2D eigenvalue weighted by atomic mass is 15.2. The lowest BCUT2D eigenvalue weighted by molar-refractivity contribution is 0.128. The highest BCUT2D eigenvalue weighted by Crippen LogP contribution is 2.24. The van der Waals surface area contributed by atoms with Crippen LogP contribution in [0.4, 0.5) is 0 Å². The molecule has 1 saturated heterocycles. The molecule has 0 amide bonds. The fraction of sp³-hybridized carbons (Fsp3) is 1.00. The van der Waals surface area contributed by atoms with Crippen LogP contribution >= 0.6 is 0 Å². The van der Waals surface area contributed by atoms with Crippen LogP contribution < -0.4 is 5.32 Å². The van der Waals surface area contributed by atoms with Crippen LogP contribution in [0, 0.1) is 0 Å². The zero-order chi connectivity index (χ0) is 15.2. The minimum absolute atomic E-state index is 0.246. The Hall–Kier alpha value is -0.120. The maximum absolute atomic E-state index is 3.56. The fourth-order valence-electron chi connectivity index (χ4n) is 2.87. The molecule has 0 aliphatic carbocycles. The second-order valence-electron chi connectivity index (χ2n) is 8.09. The highest BCUT2D eigenvalue weighted by Gasteiger charge is 2.28. The van der Waals surface area contributed by atoms with E-state index in [4.69, 9.17) is 0 Å². The van der Waals surface area contributed by atoms with Gasteiger partial charge in [-0.3, -0.25) is 4.90 Å². The Bertz CT molecular complexity index is 262. The average Bonchev–Trinajstić information content (AvgIpc) is 2.85. The normalized spacial score (nSPS) is 18.1. The molecule has 120 valence electrons. The van der Waals surface area contributed by atoms with E-state index in [2.05, 4.69) is 56.8 Å². The molecule has 3 nitrogen and oxygen atoms in total. The summed E-state index contributed by atoms with van der Waals surface area (Å²) in [5.74, 6) is 0. The monoisotopic (exact) mass is 283 g/mol. The molecule has 0 aromatic rings. The Morgan fingerprint density at radius 3 is 2.15 bits per heavy atom. The summed E-state index contributed by atoms with van der Waals surface area (Å²) in [6.45, 7) is 17.6. The Labute approximate surface area is 127 Å². The van der Waals surface area contributed by atoms with E-state index in [0.717, 1.165) is 6.54 Å². The molecule has 1 heterocycles. The summed E-state index contributed by atoms with van der Waals surface area (Å²) in [5.41, 5.74) is 0.616. The smallest absolute Gasteiger partial charge is 0.0165 e. The number of nitrogens with zero attached hydrogens (tertiary/aromatic N) is 2. The number of hydrogen-bond acceptors (Lipinski definition) is 3. The minimum atomic E-state index is 0.246. The van der Waals surface area contributed by atoms with Crippen LogP contribution in [0.2, 0.25) is 0 Å². The second-order valence-corrected chi connectivity index (χ2v) is 8.09. The average molecular weight is 284 g/mol. The third-order valence-electron chi connectivity index (χ3n) is 4.44. The lowest BCUT2D eigenvalue weighted by atomic mass is 9.98. The number of rotatable bonds is 8. The maximum Gasteiger partial charge on any atom is 0.0165 e. The van der Waals surface area contributed by atoms with Gasteiger partial charge in [-0.15, -0.1) is 0 Å². The summed E-state index contributed by atoms with van der Waals surface area (Å²) in [6, 6.07) is 0. The molecule has 1 N–H and O–H groups in total. The van der Waals surface area contributed by atoms with Gasteiger partial charge in [0.2, 0.25) is 0 Å². The van der Waals surface area contributed by atoms with Gasteiger partial charge in [-0.05, 0) is 100 Å². The van der Waals surface area contributed by atoms with Gasteiger partial charge >= 0.3 is 0 Å². The van der Waals surface area contributed by atoms with Crippen molar-refractivity contribution >= 4 is 0 Å². The molecular weight excluding hydrogens is 246 g/mol. The van der Waals surface area contributed by atoms with E-state index in [1.165, 1.54) is 51.9 Å². The summed E-state index contributed by atoms with van der Waals surface area (Å²) in [7, 11) is 2.26. The van der Waals surface area contributed by atoms with Crippen molar-refractivity contribution in [2.75, 3.05) is 39.8 Å². The van der Waals surface area contributed by atoms with Gasteiger partial charge in [0.1, 0.15) is 0 Å². The first-order chi connectivity index (χ1) is 9.21. The molecule has 1 aliphatic heterocycles. The lowest BCUT2D eigenvalue weighted by Gasteiger charge is -2.36. The second kappa shape index (κ2) is 7.77. The van der Waals surface area contributed by atoms with E-state index in [9.17, 15) is 0 Å². The van der Waals surface area contributed by atoms with Crippen molar-refractivity contribution in [2.45, 2.75) is 71.4 Å². The van der Waals surface area contributed by atoms with Gasteiger partial charge in [0.25, 0.3) is 0 Å². The molecule has 20 heavy (non-hydrogen) atoms. The fourth-order valence-corrected chi connectivity index (χ4v) is 2.87. The molecule has 0 aromatic carbocycles. The first-order valence-electron chi connectivity index (χ1n) is 8.39. The van der Waals surface area contributed by atoms with Crippen molar-refractivity contribution in [3.63, 3.8) is 0 Å². The molecule has 1 rings (SSSR count). The van der Waals surface area contributed by atoms with Crippen LogP contribution in [0.3, 0.4) is 0 Å². The number of nitrogens with one attached hydrogen (secondary N) is 1. The Balaban J connectivity index is 2.14. The van der Waals surface area contributed by atoms with E-state index in [1.54, 1.807) is 0 Å². The van der Waals surface area contributed by atoms with Gasteiger partial charge in [0.05, 0.1) is 0 Å². The van der Waals surface area contributed by atoms with Gasteiger partial charge in [-0.25, -0.2) is 0 Å². The third kappa shape index (κ3) is 7.05. The molecular formula is C17H37N3. The summed E-state index contributed by atoms with van der Waals surface area (Å²) in [6.07, 6.45) is 5.28. The third-order valence-corrected chi connectivity index (χ3v) is 4.44. The summed E-state index contributed by atoms with van der Waals surface area (Å²) >= 11 is 0. The van der Waals surface area contributed by atoms with Crippen LogP contribution in [0.5, 0.6) is 0 Å². The van der Waals surface area contributed by atoms with Crippen LogP contribution in [0.15, 0.2) is 0 Å². The predicted molar refractivity (Wildman–Crippen MR) is 89.4 cm³/mol. The number of likely N-dealkylation sites (tertiary alicyclic amines) is 1. The summed E-state index contributed by atoms with van der Waals surface area (Å²) < 4.78 is 0. The largest absolute Gasteiger partial charge is 0.312 e. The maximum atomic E-state index is 3.56. The van der Waals surface area contributed by atoms with Crippen molar-refractivity contribution in [1.82, 2.24) is 15.1 Å². The molecule has 0 saturated carbocycles. The zero-order valence-corrected chi connectivity index (χ0v) is 14.8. The molecule has 0 atom stereocenters. The molecule has 3 heteroatoms. The lowest BCUT2D eigenvalue weighted by Crippen LogP contribution is -2.44. The van der Waals surface area contributed by atoms with Gasteiger partial charge in [-0.1, -0.05) is 0 Å². The first-order valence-corrected chi connectivity index (χ1v) is 8.39. The number of hydrogen-bond donors (Lipinski definition) is 1. The molecule has 0 bridgehead atoms. The zero-order valence-electron chi connectivity index (χ0n) is 14.8. The van der Waals surface area contributed by atoms with E-state index in [1.807, 2.05) is 0 Å². The van der Waals surface area contributed by atoms with E-state index >= 15 is 0 Å². The molecule has 0 spiro atoms. The van der Waals surface area contributed by atoms with Crippen LogP contribution in [0.1, 0.15) is 60.3 Å². The van der Waals surface area contributed by atoms with Crippen molar-refractivity contribution in [3.05, 3.63) is 0 Å². The van der Waals surface area contributed by atoms with E-state index in [-0.39, 0.29) is 5.54 Å². The minimum Gasteiger partial charge on any atom is -0.312 e. The molecule has 0 unspecified atom stereocenters. The topological polar surface area (TPSA) is 18.5 Å². The highest BCUT2D eigenvalue weighted by molar-refractivity contribution is 4.85. The van der Waals surface area contributed by atoms with Gasteiger partial charge in [0, 0.05) is 11.1 Å². The van der Waals surface area contributed by atoms with Crippen LogP contribution in [-0.2, 0) is 0 Å². The van der Waals surface area contributed by atoms with Gasteiger partial charge in [0.15, 0.2) is 0 Å².